The first kappa shape index (κ1) is 15.8. The van der Waals surface area contributed by atoms with Gasteiger partial charge in [0.25, 0.3) is 0 Å². The highest BCUT2D eigenvalue weighted by Gasteiger charge is 2.30. The molecule has 4 nitrogen and oxygen atoms in total. The molecule has 126 valence electrons. The standard InChI is InChI=1S/C19H23N3OS/c20-19(23)16-7-4-10-22(16)12-18-21-15-9-8-14(11-17(15)24-18)13-5-2-1-3-6-13/h1-3,5-6,14,16H,4,7-12H2,(H2,20,23)/t14-,16+/m0/s1. The molecule has 1 aromatic heterocycles. The molecular weight excluding hydrogens is 318 g/mol. The molecule has 1 amide bonds. The third kappa shape index (κ3) is 3.10. The first-order valence-electron chi connectivity index (χ1n) is 8.76. The van der Waals surface area contributed by atoms with Crippen LogP contribution >= 0.6 is 11.3 Å². The summed E-state index contributed by atoms with van der Waals surface area (Å²) in [6.45, 7) is 1.71. The minimum atomic E-state index is -0.196. The van der Waals surface area contributed by atoms with Gasteiger partial charge >= 0.3 is 0 Å². The number of nitrogens with zero attached hydrogens (tertiary/aromatic N) is 2. The molecule has 0 radical (unpaired) electrons. The number of likely N-dealkylation sites (tertiary alicyclic amines) is 1. The molecule has 4 rings (SSSR count). The Morgan fingerprint density at radius 1 is 1.29 bits per heavy atom. The Labute approximate surface area is 146 Å². The summed E-state index contributed by atoms with van der Waals surface area (Å²) in [5.41, 5.74) is 8.24. The van der Waals surface area contributed by atoms with Gasteiger partial charge in [-0.15, -0.1) is 11.3 Å². The zero-order valence-electron chi connectivity index (χ0n) is 13.8. The summed E-state index contributed by atoms with van der Waals surface area (Å²) in [5.74, 6) is 0.412. The van der Waals surface area contributed by atoms with Gasteiger partial charge in [-0.3, -0.25) is 9.69 Å². The first-order valence-corrected chi connectivity index (χ1v) is 9.58. The minimum Gasteiger partial charge on any atom is -0.368 e. The summed E-state index contributed by atoms with van der Waals surface area (Å²) in [4.78, 5) is 20.0. The van der Waals surface area contributed by atoms with Gasteiger partial charge in [0.1, 0.15) is 5.01 Å². The number of carbonyl (C=O) groups is 1. The molecule has 0 unspecified atom stereocenters. The van der Waals surface area contributed by atoms with E-state index in [0.717, 1.165) is 43.8 Å². The Morgan fingerprint density at radius 2 is 2.12 bits per heavy atom. The second kappa shape index (κ2) is 6.65. The number of nitrogens with two attached hydrogens (primary N) is 1. The highest BCUT2D eigenvalue weighted by molar-refractivity contribution is 7.11. The number of hydrogen-bond acceptors (Lipinski definition) is 4. The zero-order valence-corrected chi connectivity index (χ0v) is 14.6. The van der Waals surface area contributed by atoms with Crippen LogP contribution in [0.5, 0.6) is 0 Å². The van der Waals surface area contributed by atoms with Crippen molar-refractivity contribution in [1.82, 2.24) is 9.88 Å². The van der Waals surface area contributed by atoms with Gasteiger partial charge < -0.3 is 5.73 Å². The fourth-order valence-electron chi connectivity index (χ4n) is 4.02. The fourth-order valence-corrected chi connectivity index (χ4v) is 5.24. The molecule has 1 aliphatic carbocycles. The number of amides is 1. The van der Waals surface area contributed by atoms with Gasteiger partial charge in [-0.05, 0) is 50.1 Å². The van der Waals surface area contributed by atoms with Crippen molar-refractivity contribution in [2.75, 3.05) is 6.54 Å². The van der Waals surface area contributed by atoms with Crippen LogP contribution in [0.4, 0.5) is 0 Å². The number of fused-ring (bicyclic) bond motifs is 1. The molecule has 2 atom stereocenters. The van der Waals surface area contributed by atoms with E-state index in [1.165, 1.54) is 22.6 Å². The van der Waals surface area contributed by atoms with Crippen molar-refractivity contribution >= 4 is 17.2 Å². The first-order chi connectivity index (χ1) is 11.7. The summed E-state index contributed by atoms with van der Waals surface area (Å²) < 4.78 is 0. The molecule has 2 aliphatic rings. The van der Waals surface area contributed by atoms with Gasteiger partial charge in [0.15, 0.2) is 0 Å². The number of rotatable bonds is 4. The molecule has 1 saturated heterocycles. The quantitative estimate of drug-likeness (QED) is 0.930. The van der Waals surface area contributed by atoms with Crippen molar-refractivity contribution < 1.29 is 4.79 Å². The van der Waals surface area contributed by atoms with E-state index in [0.29, 0.717) is 5.92 Å². The van der Waals surface area contributed by atoms with Crippen LogP contribution in [0.3, 0.4) is 0 Å². The Kier molecular flexibility index (Phi) is 4.37. The van der Waals surface area contributed by atoms with Gasteiger partial charge in [0, 0.05) is 4.88 Å². The van der Waals surface area contributed by atoms with Crippen molar-refractivity contribution in [3.05, 3.63) is 51.5 Å². The lowest BCUT2D eigenvalue weighted by Crippen LogP contribution is -2.39. The number of carbonyl (C=O) groups excluding carboxylic acids is 1. The van der Waals surface area contributed by atoms with Crippen LogP contribution in [0.2, 0.25) is 0 Å². The molecule has 0 bridgehead atoms. The minimum absolute atomic E-state index is 0.108. The van der Waals surface area contributed by atoms with Crippen LogP contribution in [0.15, 0.2) is 30.3 Å². The van der Waals surface area contributed by atoms with E-state index in [-0.39, 0.29) is 11.9 Å². The third-order valence-electron chi connectivity index (χ3n) is 5.29. The van der Waals surface area contributed by atoms with E-state index in [2.05, 4.69) is 35.2 Å². The van der Waals surface area contributed by atoms with Crippen molar-refractivity contribution in [2.45, 2.75) is 50.6 Å². The Morgan fingerprint density at radius 3 is 2.92 bits per heavy atom. The predicted octanol–water partition coefficient (Wildman–Crippen LogP) is 2.87. The summed E-state index contributed by atoms with van der Waals surface area (Å²) in [5, 5.41) is 1.14. The highest BCUT2D eigenvalue weighted by Crippen LogP contribution is 2.36. The van der Waals surface area contributed by atoms with Crippen LogP contribution in [-0.4, -0.2) is 28.4 Å². The van der Waals surface area contributed by atoms with Gasteiger partial charge in [-0.1, -0.05) is 30.3 Å². The molecule has 5 heteroatoms. The Hall–Kier alpha value is -1.72. The molecule has 0 saturated carbocycles. The van der Waals surface area contributed by atoms with Crippen LogP contribution in [0, 0.1) is 0 Å². The average Bonchev–Trinajstić information content (AvgIpc) is 3.21. The van der Waals surface area contributed by atoms with Crippen molar-refractivity contribution in [2.24, 2.45) is 5.73 Å². The Bertz CT molecular complexity index is 727. The van der Waals surface area contributed by atoms with E-state index >= 15 is 0 Å². The number of aryl methyl sites for hydroxylation is 1. The summed E-state index contributed by atoms with van der Waals surface area (Å²) in [7, 11) is 0. The number of primary amides is 1. The molecule has 2 N–H and O–H groups in total. The van der Waals surface area contributed by atoms with Crippen LogP contribution in [0.1, 0.15) is 46.3 Å². The van der Waals surface area contributed by atoms with Gasteiger partial charge in [-0.2, -0.15) is 0 Å². The van der Waals surface area contributed by atoms with E-state index in [9.17, 15) is 4.79 Å². The molecule has 0 spiro atoms. The lowest BCUT2D eigenvalue weighted by atomic mass is 9.85. The third-order valence-corrected chi connectivity index (χ3v) is 6.39. The lowest BCUT2D eigenvalue weighted by Gasteiger charge is -2.21. The maximum Gasteiger partial charge on any atom is 0.234 e. The van der Waals surface area contributed by atoms with E-state index in [1.807, 2.05) is 11.3 Å². The lowest BCUT2D eigenvalue weighted by molar-refractivity contribution is -0.122. The van der Waals surface area contributed by atoms with E-state index < -0.39 is 0 Å². The molecule has 1 aromatic carbocycles. The number of aromatic nitrogens is 1. The van der Waals surface area contributed by atoms with Crippen molar-refractivity contribution in [3.8, 4) is 0 Å². The summed E-state index contributed by atoms with van der Waals surface area (Å²) in [6.07, 6.45) is 5.26. The van der Waals surface area contributed by atoms with Gasteiger partial charge in [-0.25, -0.2) is 4.98 Å². The molecule has 1 fully saturated rings. The Balaban J connectivity index is 1.48. The molecule has 1 aliphatic heterocycles. The van der Waals surface area contributed by atoms with Crippen LogP contribution in [0.25, 0.3) is 0 Å². The van der Waals surface area contributed by atoms with Crippen LogP contribution in [-0.2, 0) is 24.2 Å². The largest absolute Gasteiger partial charge is 0.368 e. The maximum absolute atomic E-state index is 11.6. The average molecular weight is 341 g/mol. The fraction of sp³-hybridized carbons (Fsp3) is 0.474. The van der Waals surface area contributed by atoms with Gasteiger partial charge in [0.05, 0.1) is 18.3 Å². The highest BCUT2D eigenvalue weighted by atomic mass is 32.1. The summed E-state index contributed by atoms with van der Waals surface area (Å²) in [6, 6.07) is 10.7. The zero-order chi connectivity index (χ0) is 16.5. The maximum atomic E-state index is 11.6. The number of hydrogen-bond donors (Lipinski definition) is 1. The topological polar surface area (TPSA) is 59.2 Å². The summed E-state index contributed by atoms with van der Waals surface area (Å²) >= 11 is 1.83. The van der Waals surface area contributed by atoms with E-state index in [1.54, 1.807) is 0 Å². The monoisotopic (exact) mass is 341 g/mol. The van der Waals surface area contributed by atoms with E-state index in [4.69, 9.17) is 10.7 Å². The number of thiazole rings is 1. The van der Waals surface area contributed by atoms with Crippen LogP contribution < -0.4 is 5.73 Å². The van der Waals surface area contributed by atoms with Gasteiger partial charge in [0.2, 0.25) is 5.91 Å². The number of benzene rings is 1. The second-order valence-electron chi connectivity index (χ2n) is 6.86. The van der Waals surface area contributed by atoms with Crippen molar-refractivity contribution in [3.63, 3.8) is 0 Å². The molecule has 2 heterocycles. The normalized spacial score (nSPS) is 24.0. The van der Waals surface area contributed by atoms with Crippen molar-refractivity contribution in [1.29, 1.82) is 0 Å². The predicted molar refractivity (Wildman–Crippen MR) is 95.9 cm³/mol. The molecular formula is C19H23N3OS. The second-order valence-corrected chi connectivity index (χ2v) is 8.03. The smallest absolute Gasteiger partial charge is 0.234 e. The molecule has 2 aromatic rings. The molecule has 24 heavy (non-hydrogen) atoms. The SMILES string of the molecule is NC(=O)[C@H]1CCCN1Cc1nc2c(s1)C[C@@H](c1ccccc1)CC2.